The van der Waals surface area contributed by atoms with Gasteiger partial charge in [0, 0.05) is 18.7 Å². The number of halogens is 5. The Hall–Kier alpha value is -4.09. The molecule has 4 rings (SSSR count). The van der Waals surface area contributed by atoms with Crippen molar-refractivity contribution in [2.75, 3.05) is 5.32 Å². The van der Waals surface area contributed by atoms with Crippen molar-refractivity contribution in [3.05, 3.63) is 82.5 Å². The molecule has 0 fully saturated rings. The summed E-state index contributed by atoms with van der Waals surface area (Å²) >= 11 is 0. The minimum Gasteiger partial charge on any atom is -0.326 e. The van der Waals surface area contributed by atoms with Gasteiger partial charge in [0.15, 0.2) is 5.65 Å². The third-order valence-corrected chi connectivity index (χ3v) is 4.76. The van der Waals surface area contributed by atoms with Crippen LogP contribution >= 0.6 is 0 Å². The van der Waals surface area contributed by atoms with Crippen LogP contribution in [0.1, 0.15) is 12.0 Å². The van der Waals surface area contributed by atoms with Crippen LogP contribution in [0.3, 0.4) is 0 Å². The lowest BCUT2D eigenvalue weighted by Gasteiger charge is -2.11. The largest absolute Gasteiger partial charge is 0.419 e. The quantitative estimate of drug-likeness (QED) is 0.455. The fraction of sp³-hybridized carbons (Fsp3) is 0.143. The van der Waals surface area contributed by atoms with Crippen LogP contribution in [-0.2, 0) is 17.5 Å². The van der Waals surface area contributed by atoms with E-state index < -0.39 is 34.8 Å². The predicted octanol–water partition coefficient (Wildman–Crippen LogP) is 3.91. The lowest BCUT2D eigenvalue weighted by molar-refractivity contribution is -0.140. The number of benzene rings is 2. The molecule has 0 atom stereocenters. The SMILES string of the molecule is O=C(CCn1cnc2c(cnn2-c2ccc(F)cc2)c1=O)Nc1ccc(F)c(C(F)(F)F)c1. The van der Waals surface area contributed by atoms with Gasteiger partial charge in [0.25, 0.3) is 5.56 Å². The second-order valence-electron chi connectivity index (χ2n) is 7.00. The number of carbonyl (C=O) groups is 1. The van der Waals surface area contributed by atoms with E-state index in [-0.39, 0.29) is 29.7 Å². The molecule has 33 heavy (non-hydrogen) atoms. The monoisotopic (exact) mass is 463 g/mol. The van der Waals surface area contributed by atoms with Crippen molar-refractivity contribution < 1.29 is 26.7 Å². The molecule has 0 spiro atoms. The number of alkyl halides is 3. The highest BCUT2D eigenvalue weighted by molar-refractivity contribution is 5.90. The minimum atomic E-state index is -4.91. The van der Waals surface area contributed by atoms with Gasteiger partial charge in [-0.2, -0.15) is 18.3 Å². The first kappa shape index (κ1) is 22.1. The molecule has 1 N–H and O–H groups in total. The van der Waals surface area contributed by atoms with E-state index >= 15 is 0 Å². The predicted molar refractivity (Wildman–Crippen MR) is 108 cm³/mol. The highest BCUT2D eigenvalue weighted by atomic mass is 19.4. The molecular formula is C21H14F5N5O2. The van der Waals surface area contributed by atoms with Crippen LogP contribution in [0.5, 0.6) is 0 Å². The molecule has 0 aliphatic rings. The summed E-state index contributed by atoms with van der Waals surface area (Å²) < 4.78 is 67.5. The van der Waals surface area contributed by atoms with Crippen molar-refractivity contribution in [3.8, 4) is 5.69 Å². The van der Waals surface area contributed by atoms with Crippen molar-refractivity contribution in [2.45, 2.75) is 19.1 Å². The van der Waals surface area contributed by atoms with E-state index in [2.05, 4.69) is 15.4 Å². The van der Waals surface area contributed by atoms with Gasteiger partial charge in [-0.15, -0.1) is 0 Å². The van der Waals surface area contributed by atoms with Crippen LogP contribution < -0.4 is 10.9 Å². The summed E-state index contributed by atoms with van der Waals surface area (Å²) in [4.78, 5) is 29.0. The summed E-state index contributed by atoms with van der Waals surface area (Å²) in [6.45, 7) is -0.108. The maximum atomic E-state index is 13.4. The summed E-state index contributed by atoms with van der Waals surface area (Å²) in [5.74, 6) is -2.56. The van der Waals surface area contributed by atoms with Crippen LogP contribution in [0, 0.1) is 11.6 Å². The Morgan fingerprint density at radius 1 is 1.06 bits per heavy atom. The molecule has 0 unspecified atom stereocenters. The molecule has 4 aromatic rings. The van der Waals surface area contributed by atoms with Gasteiger partial charge in [-0.1, -0.05) is 0 Å². The van der Waals surface area contributed by atoms with E-state index in [1.165, 1.54) is 41.5 Å². The maximum Gasteiger partial charge on any atom is 0.419 e. The minimum absolute atomic E-state index is 0.108. The van der Waals surface area contributed by atoms with Crippen molar-refractivity contribution in [3.63, 3.8) is 0 Å². The molecule has 2 heterocycles. The highest BCUT2D eigenvalue weighted by Gasteiger charge is 2.34. The molecular weight excluding hydrogens is 449 g/mol. The summed E-state index contributed by atoms with van der Waals surface area (Å²) in [5, 5.41) is 6.51. The Labute approximate surface area is 182 Å². The Kier molecular flexibility index (Phi) is 5.66. The lowest BCUT2D eigenvalue weighted by Crippen LogP contribution is -2.23. The van der Waals surface area contributed by atoms with Gasteiger partial charge in [-0.25, -0.2) is 18.4 Å². The van der Waals surface area contributed by atoms with Crippen LogP contribution in [0.25, 0.3) is 16.7 Å². The number of rotatable bonds is 5. The normalized spacial score (nSPS) is 11.7. The highest BCUT2D eigenvalue weighted by Crippen LogP contribution is 2.33. The Morgan fingerprint density at radius 3 is 2.48 bits per heavy atom. The zero-order valence-electron chi connectivity index (χ0n) is 16.6. The first-order valence-electron chi connectivity index (χ1n) is 9.49. The average Bonchev–Trinajstić information content (AvgIpc) is 3.19. The van der Waals surface area contributed by atoms with E-state index in [1.807, 2.05) is 0 Å². The first-order chi connectivity index (χ1) is 15.6. The number of nitrogens with one attached hydrogen (secondary N) is 1. The number of anilines is 1. The molecule has 2 aromatic carbocycles. The third kappa shape index (κ3) is 4.59. The van der Waals surface area contributed by atoms with Gasteiger partial charge in [-0.05, 0) is 42.5 Å². The number of carbonyl (C=O) groups excluding carboxylic acids is 1. The second kappa shape index (κ2) is 8.45. The Bertz CT molecular complexity index is 1390. The zero-order chi connectivity index (χ0) is 23.8. The zero-order valence-corrected chi connectivity index (χ0v) is 16.6. The van der Waals surface area contributed by atoms with E-state index in [4.69, 9.17) is 0 Å². The molecule has 1 amide bonds. The third-order valence-electron chi connectivity index (χ3n) is 4.76. The van der Waals surface area contributed by atoms with E-state index in [9.17, 15) is 31.5 Å². The number of fused-ring (bicyclic) bond motifs is 1. The first-order valence-corrected chi connectivity index (χ1v) is 9.49. The summed E-state index contributed by atoms with van der Waals surface area (Å²) in [5.41, 5.74) is -1.48. The van der Waals surface area contributed by atoms with Crippen LogP contribution in [0.2, 0.25) is 0 Å². The van der Waals surface area contributed by atoms with Gasteiger partial charge in [0.1, 0.15) is 17.0 Å². The summed E-state index contributed by atoms with van der Waals surface area (Å²) in [7, 11) is 0. The van der Waals surface area contributed by atoms with Crippen molar-refractivity contribution in [2.24, 2.45) is 0 Å². The van der Waals surface area contributed by atoms with E-state index in [0.717, 1.165) is 10.6 Å². The van der Waals surface area contributed by atoms with Crippen LogP contribution in [0.15, 0.2) is 59.8 Å². The number of nitrogens with zero attached hydrogens (tertiary/aromatic N) is 4. The lowest BCUT2D eigenvalue weighted by atomic mass is 10.1. The number of hydrogen-bond donors (Lipinski definition) is 1. The van der Waals surface area contributed by atoms with Crippen molar-refractivity contribution in [1.82, 2.24) is 19.3 Å². The topological polar surface area (TPSA) is 81.8 Å². The number of aryl methyl sites for hydroxylation is 1. The molecule has 2 aromatic heterocycles. The number of hydrogen-bond acceptors (Lipinski definition) is 4. The molecule has 0 saturated heterocycles. The van der Waals surface area contributed by atoms with Gasteiger partial charge >= 0.3 is 6.18 Å². The molecule has 0 saturated carbocycles. The standard InChI is InChI=1S/C21H14F5N5O2/c22-12-1-4-14(5-2-12)31-19-15(10-28-31)20(33)30(11-27-19)8-7-18(32)29-13-3-6-17(23)16(9-13)21(24,25)26/h1-6,9-11H,7-8H2,(H,29,32). The van der Waals surface area contributed by atoms with Crippen LogP contribution in [0.4, 0.5) is 27.6 Å². The average molecular weight is 463 g/mol. The molecule has 0 aliphatic heterocycles. The summed E-state index contributed by atoms with van der Waals surface area (Å²) in [6, 6.07) is 7.53. The Morgan fingerprint density at radius 2 is 1.79 bits per heavy atom. The van der Waals surface area contributed by atoms with Crippen molar-refractivity contribution >= 4 is 22.6 Å². The molecule has 0 radical (unpaired) electrons. The van der Waals surface area contributed by atoms with Gasteiger partial charge in [0.05, 0.1) is 23.8 Å². The Balaban J connectivity index is 1.49. The van der Waals surface area contributed by atoms with E-state index in [1.54, 1.807) is 0 Å². The molecule has 0 bridgehead atoms. The van der Waals surface area contributed by atoms with Gasteiger partial charge in [-0.3, -0.25) is 14.2 Å². The molecule has 12 heteroatoms. The fourth-order valence-corrected chi connectivity index (χ4v) is 3.14. The maximum absolute atomic E-state index is 13.4. The molecule has 0 aliphatic carbocycles. The van der Waals surface area contributed by atoms with Crippen molar-refractivity contribution in [1.29, 1.82) is 0 Å². The summed E-state index contributed by atoms with van der Waals surface area (Å²) in [6.07, 6.45) is -2.66. The smallest absolute Gasteiger partial charge is 0.326 e. The van der Waals surface area contributed by atoms with Gasteiger partial charge < -0.3 is 5.32 Å². The van der Waals surface area contributed by atoms with Crippen LogP contribution in [-0.4, -0.2) is 25.2 Å². The molecule has 170 valence electrons. The number of amides is 1. The van der Waals surface area contributed by atoms with Gasteiger partial charge in [0.2, 0.25) is 5.91 Å². The van der Waals surface area contributed by atoms with E-state index in [0.29, 0.717) is 17.8 Å². The fourth-order valence-electron chi connectivity index (χ4n) is 3.14. The molecule has 7 nitrogen and oxygen atoms in total. The second-order valence-corrected chi connectivity index (χ2v) is 7.00. The number of aromatic nitrogens is 4.